The van der Waals surface area contributed by atoms with Crippen LogP contribution in [-0.4, -0.2) is 14.9 Å². The van der Waals surface area contributed by atoms with Crippen molar-refractivity contribution in [3.63, 3.8) is 0 Å². The van der Waals surface area contributed by atoms with Gasteiger partial charge in [0.1, 0.15) is 5.82 Å². The molecule has 0 fully saturated rings. The lowest BCUT2D eigenvalue weighted by molar-refractivity contribution is -0.385. The molecule has 2 aromatic carbocycles. The van der Waals surface area contributed by atoms with E-state index >= 15 is 0 Å². The average molecular weight is 320 g/mol. The molecule has 0 spiro atoms. The summed E-state index contributed by atoms with van der Waals surface area (Å²) >= 11 is 0. The van der Waals surface area contributed by atoms with E-state index in [4.69, 9.17) is 0 Å². The van der Waals surface area contributed by atoms with Crippen molar-refractivity contribution in [1.82, 2.24) is 9.97 Å². The number of rotatable bonds is 3. The molecule has 1 N–H and O–H groups in total. The number of imidazole rings is 1. The predicted octanol–water partition coefficient (Wildman–Crippen LogP) is 4.25. The zero-order valence-corrected chi connectivity index (χ0v) is 13.6. The second-order valence-electron chi connectivity index (χ2n) is 6.31. The monoisotopic (exact) mass is 320 g/mol. The van der Waals surface area contributed by atoms with Gasteiger partial charge in [0.2, 0.25) is 0 Å². The Bertz CT molecular complexity index is 996. The summed E-state index contributed by atoms with van der Waals surface area (Å²) in [6.07, 6.45) is 0. The van der Waals surface area contributed by atoms with Crippen molar-refractivity contribution in [1.29, 1.82) is 5.26 Å². The maximum atomic E-state index is 11.1. The van der Waals surface area contributed by atoms with Crippen LogP contribution in [0.1, 0.15) is 25.0 Å². The lowest BCUT2D eigenvalue weighted by Crippen LogP contribution is -2.13. The molecule has 0 saturated heterocycles. The van der Waals surface area contributed by atoms with Crippen LogP contribution in [0.25, 0.3) is 22.4 Å². The second-order valence-corrected chi connectivity index (χ2v) is 6.31. The molecule has 0 bridgehead atoms. The van der Waals surface area contributed by atoms with Crippen molar-refractivity contribution in [2.75, 3.05) is 0 Å². The molecule has 0 atom stereocenters. The number of hydrogen-bond acceptors (Lipinski definition) is 4. The zero-order chi connectivity index (χ0) is 17.5. The SMILES string of the molecule is Cc1ccc(-c2nc3ccc(C(C)(C)C#N)cc3[nH]2)cc1[N+](=O)[O-]. The third-order valence-electron chi connectivity index (χ3n) is 4.16. The van der Waals surface area contributed by atoms with Gasteiger partial charge in [0.15, 0.2) is 0 Å². The molecule has 0 amide bonds. The summed E-state index contributed by atoms with van der Waals surface area (Å²) in [5.74, 6) is 0.569. The van der Waals surface area contributed by atoms with E-state index in [0.717, 1.165) is 16.6 Å². The number of benzene rings is 2. The molecule has 3 rings (SSSR count). The topological polar surface area (TPSA) is 95.6 Å². The number of nitro groups is 1. The van der Waals surface area contributed by atoms with Crippen molar-refractivity contribution >= 4 is 16.7 Å². The maximum Gasteiger partial charge on any atom is 0.273 e. The third-order valence-corrected chi connectivity index (χ3v) is 4.16. The number of hydrogen-bond donors (Lipinski definition) is 1. The van der Waals surface area contributed by atoms with E-state index in [1.54, 1.807) is 19.1 Å². The molecule has 6 nitrogen and oxygen atoms in total. The molecule has 0 saturated carbocycles. The highest BCUT2D eigenvalue weighted by atomic mass is 16.6. The normalized spacial score (nSPS) is 11.4. The van der Waals surface area contributed by atoms with Gasteiger partial charge in [-0.1, -0.05) is 18.2 Å². The number of nitrogens with zero attached hydrogens (tertiary/aromatic N) is 3. The Morgan fingerprint density at radius 3 is 2.67 bits per heavy atom. The number of aromatic nitrogens is 2. The Balaban J connectivity index is 2.11. The first-order valence-corrected chi connectivity index (χ1v) is 7.49. The largest absolute Gasteiger partial charge is 0.338 e. The van der Waals surface area contributed by atoms with Gasteiger partial charge in [-0.15, -0.1) is 0 Å². The molecule has 0 unspecified atom stereocenters. The number of nitrogens with one attached hydrogen (secondary N) is 1. The standard InChI is InChI=1S/C18H16N4O2/c1-11-4-5-12(8-16(11)22(23)24)17-20-14-7-6-13(9-15(14)21-17)18(2,3)10-19/h4-9H,1-3H3,(H,20,21). The summed E-state index contributed by atoms with van der Waals surface area (Å²) < 4.78 is 0. The summed E-state index contributed by atoms with van der Waals surface area (Å²) in [7, 11) is 0. The Labute approximate surface area is 138 Å². The van der Waals surface area contributed by atoms with Crippen LogP contribution in [0.3, 0.4) is 0 Å². The Hall–Kier alpha value is -3.20. The summed E-state index contributed by atoms with van der Waals surface area (Å²) in [5.41, 5.74) is 3.19. The highest BCUT2D eigenvalue weighted by molar-refractivity contribution is 5.81. The predicted molar refractivity (Wildman–Crippen MR) is 91.6 cm³/mol. The van der Waals surface area contributed by atoms with Crippen molar-refractivity contribution < 1.29 is 4.92 Å². The van der Waals surface area contributed by atoms with Crippen LogP contribution in [0.4, 0.5) is 5.69 Å². The van der Waals surface area contributed by atoms with Gasteiger partial charge in [0.25, 0.3) is 5.69 Å². The molecule has 0 aliphatic carbocycles. The van der Waals surface area contributed by atoms with Crippen LogP contribution in [0.5, 0.6) is 0 Å². The number of aromatic amines is 1. The van der Waals surface area contributed by atoms with Crippen LogP contribution < -0.4 is 0 Å². The number of nitriles is 1. The summed E-state index contributed by atoms with van der Waals surface area (Å²) in [6, 6.07) is 13.0. The van der Waals surface area contributed by atoms with Gasteiger partial charge in [0, 0.05) is 17.2 Å². The van der Waals surface area contributed by atoms with Crippen molar-refractivity contribution in [2.45, 2.75) is 26.2 Å². The molecule has 3 aromatic rings. The first kappa shape index (κ1) is 15.7. The van der Waals surface area contributed by atoms with E-state index in [-0.39, 0.29) is 5.69 Å². The van der Waals surface area contributed by atoms with Gasteiger partial charge in [-0.3, -0.25) is 10.1 Å². The van der Waals surface area contributed by atoms with E-state index in [9.17, 15) is 15.4 Å². The van der Waals surface area contributed by atoms with Gasteiger partial charge < -0.3 is 4.98 Å². The Kier molecular flexibility index (Phi) is 3.57. The third kappa shape index (κ3) is 2.61. The van der Waals surface area contributed by atoms with E-state index < -0.39 is 10.3 Å². The van der Waals surface area contributed by atoms with Gasteiger partial charge in [-0.2, -0.15) is 5.26 Å². The van der Waals surface area contributed by atoms with Crippen LogP contribution in [0, 0.1) is 28.4 Å². The first-order valence-electron chi connectivity index (χ1n) is 7.49. The highest BCUT2D eigenvalue weighted by Crippen LogP contribution is 2.29. The van der Waals surface area contributed by atoms with Gasteiger partial charge >= 0.3 is 0 Å². The molecule has 1 heterocycles. The maximum absolute atomic E-state index is 11.1. The molecule has 6 heteroatoms. The number of nitro benzene ring substituents is 1. The van der Waals surface area contributed by atoms with Gasteiger partial charge in [0.05, 0.1) is 27.4 Å². The zero-order valence-electron chi connectivity index (χ0n) is 13.6. The molecule has 1 aromatic heterocycles. The molecular weight excluding hydrogens is 304 g/mol. The number of fused-ring (bicyclic) bond motifs is 1. The summed E-state index contributed by atoms with van der Waals surface area (Å²) in [4.78, 5) is 18.4. The fourth-order valence-electron chi connectivity index (χ4n) is 2.55. The number of aryl methyl sites for hydroxylation is 1. The van der Waals surface area contributed by atoms with Gasteiger partial charge in [-0.25, -0.2) is 4.98 Å². The van der Waals surface area contributed by atoms with Crippen LogP contribution in [-0.2, 0) is 5.41 Å². The minimum absolute atomic E-state index is 0.0688. The quantitative estimate of drug-likeness (QED) is 0.576. The smallest absolute Gasteiger partial charge is 0.273 e. The van der Waals surface area contributed by atoms with Crippen LogP contribution >= 0.6 is 0 Å². The lowest BCUT2D eigenvalue weighted by atomic mass is 9.86. The average Bonchev–Trinajstić information content (AvgIpc) is 2.98. The highest BCUT2D eigenvalue weighted by Gasteiger charge is 2.21. The van der Waals surface area contributed by atoms with Crippen LogP contribution in [0.2, 0.25) is 0 Å². The fourth-order valence-corrected chi connectivity index (χ4v) is 2.55. The van der Waals surface area contributed by atoms with Crippen molar-refractivity contribution in [3.8, 4) is 17.5 Å². The molecule has 0 aliphatic heterocycles. The molecule has 120 valence electrons. The lowest BCUT2D eigenvalue weighted by Gasteiger charge is -2.15. The van der Waals surface area contributed by atoms with E-state index in [1.807, 2.05) is 32.0 Å². The first-order chi connectivity index (χ1) is 11.3. The molecule has 0 radical (unpaired) electrons. The molecular formula is C18H16N4O2. The summed E-state index contributed by atoms with van der Waals surface area (Å²) in [5, 5.41) is 20.4. The second kappa shape index (κ2) is 5.46. The Morgan fingerprint density at radius 2 is 2.00 bits per heavy atom. The minimum atomic E-state index is -0.595. The van der Waals surface area contributed by atoms with E-state index in [0.29, 0.717) is 17.0 Å². The fraction of sp³-hybridized carbons (Fsp3) is 0.222. The summed E-state index contributed by atoms with van der Waals surface area (Å²) in [6.45, 7) is 5.42. The molecule has 24 heavy (non-hydrogen) atoms. The van der Waals surface area contributed by atoms with E-state index in [1.165, 1.54) is 6.07 Å². The van der Waals surface area contributed by atoms with Crippen molar-refractivity contribution in [3.05, 3.63) is 57.6 Å². The Morgan fingerprint density at radius 1 is 1.25 bits per heavy atom. The van der Waals surface area contributed by atoms with Crippen molar-refractivity contribution in [2.24, 2.45) is 0 Å². The molecule has 0 aliphatic rings. The van der Waals surface area contributed by atoms with Gasteiger partial charge in [-0.05, 0) is 38.5 Å². The number of H-pyrrole nitrogens is 1. The van der Waals surface area contributed by atoms with Crippen LogP contribution in [0.15, 0.2) is 36.4 Å². The van der Waals surface area contributed by atoms with E-state index in [2.05, 4.69) is 16.0 Å². The minimum Gasteiger partial charge on any atom is -0.338 e.